The van der Waals surface area contributed by atoms with Gasteiger partial charge in [-0.2, -0.15) is 4.31 Å². The molecule has 1 amide bonds. The number of halogens is 1. The van der Waals surface area contributed by atoms with Crippen molar-refractivity contribution in [2.75, 3.05) is 25.5 Å². The number of hydrogen-bond donors (Lipinski definition) is 1. The minimum absolute atomic E-state index is 0.0353. The first kappa shape index (κ1) is 22.4. The summed E-state index contributed by atoms with van der Waals surface area (Å²) in [6, 6.07) is 11.3. The molecule has 3 rings (SSSR count). The lowest BCUT2D eigenvalue weighted by atomic mass is 10.2. The van der Waals surface area contributed by atoms with Gasteiger partial charge >= 0.3 is 0 Å². The van der Waals surface area contributed by atoms with Crippen LogP contribution in [0.15, 0.2) is 47.4 Å². The average molecular weight is 453 g/mol. The van der Waals surface area contributed by atoms with Crippen LogP contribution < -0.4 is 14.8 Å². The van der Waals surface area contributed by atoms with E-state index in [2.05, 4.69) is 5.32 Å². The number of sulfonamides is 1. The number of carbonyl (C=O) groups excluding carboxylic acids is 1. The lowest BCUT2D eigenvalue weighted by Gasteiger charge is -2.26. The average Bonchev–Trinajstić information content (AvgIpc) is 2.74. The van der Waals surface area contributed by atoms with Crippen LogP contribution in [0.25, 0.3) is 0 Å². The van der Waals surface area contributed by atoms with Gasteiger partial charge in [-0.1, -0.05) is 24.1 Å². The molecule has 2 aromatic carbocycles. The molecule has 0 radical (unpaired) electrons. The van der Waals surface area contributed by atoms with E-state index in [-0.39, 0.29) is 10.6 Å². The first-order valence-corrected chi connectivity index (χ1v) is 11.5. The van der Waals surface area contributed by atoms with Gasteiger partial charge in [0.25, 0.3) is 5.91 Å². The molecule has 7 nitrogen and oxygen atoms in total. The van der Waals surface area contributed by atoms with E-state index < -0.39 is 22.0 Å². The number of benzene rings is 2. The van der Waals surface area contributed by atoms with Crippen molar-refractivity contribution in [2.45, 2.75) is 37.2 Å². The molecule has 0 aromatic heterocycles. The highest BCUT2D eigenvalue weighted by molar-refractivity contribution is 7.89. The number of methoxy groups -OCH3 is 1. The zero-order valence-corrected chi connectivity index (χ0v) is 18.5. The SMILES string of the molecule is COc1ccc(NC(=O)[C@H](C)Oc2cccc(Cl)c2)cc1S(=O)(=O)N1CCCCC1. The van der Waals surface area contributed by atoms with Crippen LogP contribution >= 0.6 is 11.6 Å². The Morgan fingerprint density at radius 2 is 1.87 bits per heavy atom. The van der Waals surface area contributed by atoms with E-state index >= 15 is 0 Å². The predicted molar refractivity (Wildman–Crippen MR) is 116 cm³/mol. The summed E-state index contributed by atoms with van der Waals surface area (Å²) < 4.78 is 38.6. The molecule has 1 saturated heterocycles. The van der Waals surface area contributed by atoms with E-state index in [1.54, 1.807) is 37.3 Å². The highest BCUT2D eigenvalue weighted by atomic mass is 35.5. The number of hydrogen-bond acceptors (Lipinski definition) is 5. The molecule has 30 heavy (non-hydrogen) atoms. The molecule has 1 N–H and O–H groups in total. The van der Waals surface area contributed by atoms with E-state index in [0.29, 0.717) is 29.5 Å². The zero-order valence-electron chi connectivity index (χ0n) is 16.9. The number of piperidine rings is 1. The predicted octanol–water partition coefficient (Wildman–Crippen LogP) is 3.93. The molecular formula is C21H25ClN2O5S. The number of anilines is 1. The molecule has 0 aliphatic carbocycles. The summed E-state index contributed by atoms with van der Waals surface area (Å²) in [6.45, 7) is 2.56. The molecule has 0 unspecified atom stereocenters. The number of nitrogens with one attached hydrogen (secondary N) is 1. The fourth-order valence-corrected chi connectivity index (χ4v) is 5.12. The van der Waals surface area contributed by atoms with Crippen molar-refractivity contribution in [1.29, 1.82) is 0 Å². The Morgan fingerprint density at radius 1 is 1.13 bits per heavy atom. The van der Waals surface area contributed by atoms with Crippen LogP contribution in [0.5, 0.6) is 11.5 Å². The fourth-order valence-electron chi connectivity index (χ4n) is 3.24. The van der Waals surface area contributed by atoms with Gasteiger partial charge in [-0.25, -0.2) is 8.42 Å². The van der Waals surface area contributed by atoms with Gasteiger partial charge in [0.2, 0.25) is 10.0 Å². The molecular weight excluding hydrogens is 428 g/mol. The molecule has 0 saturated carbocycles. The Balaban J connectivity index is 1.78. The Kier molecular flexibility index (Phi) is 7.23. The Bertz CT molecular complexity index is 1010. The van der Waals surface area contributed by atoms with Gasteiger partial charge in [0.15, 0.2) is 6.10 Å². The highest BCUT2D eigenvalue weighted by Crippen LogP contribution is 2.31. The first-order valence-electron chi connectivity index (χ1n) is 9.72. The van der Waals surface area contributed by atoms with Crippen LogP contribution in [0.1, 0.15) is 26.2 Å². The second kappa shape index (κ2) is 9.68. The molecule has 2 aromatic rings. The van der Waals surface area contributed by atoms with Crippen LogP contribution in [0.3, 0.4) is 0 Å². The summed E-state index contributed by atoms with van der Waals surface area (Å²) in [5, 5.41) is 3.21. The molecule has 1 atom stereocenters. The quantitative estimate of drug-likeness (QED) is 0.688. The largest absolute Gasteiger partial charge is 0.495 e. The summed E-state index contributed by atoms with van der Waals surface area (Å²) in [6.07, 6.45) is 1.86. The Morgan fingerprint density at radius 3 is 2.53 bits per heavy atom. The van der Waals surface area contributed by atoms with Crippen LogP contribution in [-0.4, -0.2) is 44.9 Å². The summed E-state index contributed by atoms with van der Waals surface area (Å²) in [5.41, 5.74) is 0.345. The van der Waals surface area contributed by atoms with E-state index in [1.165, 1.54) is 23.5 Å². The van der Waals surface area contributed by atoms with Gasteiger partial charge in [-0.15, -0.1) is 0 Å². The van der Waals surface area contributed by atoms with Crippen LogP contribution in [0, 0.1) is 0 Å². The number of nitrogens with zero attached hydrogens (tertiary/aromatic N) is 1. The van der Waals surface area contributed by atoms with Gasteiger partial charge in [-0.05, 0) is 56.2 Å². The minimum Gasteiger partial charge on any atom is -0.495 e. The maximum absolute atomic E-state index is 13.1. The van der Waals surface area contributed by atoms with E-state index in [4.69, 9.17) is 21.1 Å². The molecule has 162 valence electrons. The molecule has 1 aliphatic rings. The standard InChI is InChI=1S/C21H25ClN2O5S/c1-15(29-18-8-6-7-16(22)13-18)21(25)23-17-9-10-19(28-2)20(14-17)30(26,27)24-11-4-3-5-12-24/h6-10,13-15H,3-5,11-12H2,1-2H3,(H,23,25)/t15-/m0/s1. The molecule has 1 aliphatic heterocycles. The summed E-state index contributed by atoms with van der Waals surface area (Å²) in [4.78, 5) is 12.6. The first-order chi connectivity index (χ1) is 14.3. The van der Waals surface area contributed by atoms with Gasteiger partial charge in [0.1, 0.15) is 16.4 Å². The van der Waals surface area contributed by atoms with Crippen molar-refractivity contribution < 1.29 is 22.7 Å². The Labute approximate surface area is 182 Å². The van der Waals surface area contributed by atoms with Crippen molar-refractivity contribution in [2.24, 2.45) is 0 Å². The topological polar surface area (TPSA) is 84.9 Å². The molecule has 0 bridgehead atoms. The summed E-state index contributed by atoms with van der Waals surface area (Å²) >= 11 is 5.94. The smallest absolute Gasteiger partial charge is 0.265 e. The lowest BCUT2D eigenvalue weighted by Crippen LogP contribution is -2.36. The number of rotatable bonds is 7. The van der Waals surface area contributed by atoms with Crippen LogP contribution in [-0.2, 0) is 14.8 Å². The highest BCUT2D eigenvalue weighted by Gasteiger charge is 2.29. The van der Waals surface area contributed by atoms with Crippen molar-refractivity contribution in [3.8, 4) is 11.5 Å². The maximum atomic E-state index is 13.1. The normalized spacial score (nSPS) is 16.0. The molecule has 0 spiro atoms. The zero-order chi connectivity index (χ0) is 21.7. The van der Waals surface area contributed by atoms with Crippen molar-refractivity contribution in [3.63, 3.8) is 0 Å². The third kappa shape index (κ3) is 5.24. The number of amides is 1. The maximum Gasteiger partial charge on any atom is 0.265 e. The van der Waals surface area contributed by atoms with E-state index in [9.17, 15) is 13.2 Å². The molecule has 1 heterocycles. The summed E-state index contributed by atoms with van der Waals surface area (Å²) in [5.74, 6) is 0.288. The molecule has 1 fully saturated rings. The second-order valence-electron chi connectivity index (χ2n) is 7.04. The Hall–Kier alpha value is -2.29. The summed E-state index contributed by atoms with van der Waals surface area (Å²) in [7, 11) is -2.31. The van der Waals surface area contributed by atoms with Gasteiger partial charge < -0.3 is 14.8 Å². The van der Waals surface area contributed by atoms with Gasteiger partial charge in [0, 0.05) is 23.8 Å². The molecule has 9 heteroatoms. The van der Waals surface area contributed by atoms with Crippen molar-refractivity contribution in [1.82, 2.24) is 4.31 Å². The monoisotopic (exact) mass is 452 g/mol. The van der Waals surface area contributed by atoms with Crippen molar-refractivity contribution in [3.05, 3.63) is 47.5 Å². The van der Waals surface area contributed by atoms with Crippen molar-refractivity contribution >= 4 is 33.2 Å². The van der Waals surface area contributed by atoms with Crippen LogP contribution in [0.2, 0.25) is 5.02 Å². The third-order valence-corrected chi connectivity index (χ3v) is 7.00. The second-order valence-corrected chi connectivity index (χ2v) is 9.38. The number of ether oxygens (including phenoxy) is 2. The minimum atomic E-state index is -3.73. The van der Waals surface area contributed by atoms with Gasteiger partial charge in [0.05, 0.1) is 7.11 Å². The lowest BCUT2D eigenvalue weighted by molar-refractivity contribution is -0.122. The third-order valence-electron chi connectivity index (χ3n) is 4.84. The fraction of sp³-hybridized carbons (Fsp3) is 0.381. The van der Waals surface area contributed by atoms with E-state index in [1.807, 2.05) is 0 Å². The van der Waals surface area contributed by atoms with E-state index in [0.717, 1.165) is 19.3 Å². The number of carbonyl (C=O) groups is 1. The van der Waals surface area contributed by atoms with Gasteiger partial charge in [-0.3, -0.25) is 4.79 Å². The van der Waals surface area contributed by atoms with Crippen LogP contribution in [0.4, 0.5) is 5.69 Å².